The Hall–Kier alpha value is -4.15. The minimum absolute atomic E-state index is 0.872. The lowest BCUT2D eigenvalue weighted by Crippen LogP contribution is -2.04. The van der Waals surface area contributed by atoms with Gasteiger partial charge in [0.1, 0.15) is 0 Å². The van der Waals surface area contributed by atoms with E-state index in [0.717, 1.165) is 53.9 Å². The van der Waals surface area contributed by atoms with Crippen molar-refractivity contribution in [2.75, 3.05) is 11.9 Å². The van der Waals surface area contributed by atoms with Crippen molar-refractivity contribution in [3.8, 4) is 11.1 Å². The molecule has 4 heteroatoms. The molecule has 6 rings (SSSR count). The van der Waals surface area contributed by atoms with Crippen molar-refractivity contribution in [3.05, 3.63) is 118 Å². The van der Waals surface area contributed by atoms with Crippen LogP contribution in [0.4, 0.5) is 11.4 Å². The van der Waals surface area contributed by atoms with Gasteiger partial charge in [0.25, 0.3) is 0 Å². The molecule has 2 aliphatic heterocycles. The molecule has 0 radical (unpaired) electrons. The van der Waals surface area contributed by atoms with Crippen LogP contribution in [0.1, 0.15) is 49.8 Å². The van der Waals surface area contributed by atoms with Gasteiger partial charge in [-0.15, -0.1) is 0 Å². The highest BCUT2D eigenvalue weighted by Crippen LogP contribution is 2.48. The number of nitrogens with one attached hydrogen (secondary N) is 1. The highest BCUT2D eigenvalue weighted by molar-refractivity contribution is 8.03. The molecule has 1 N–H and O–H groups in total. The Kier molecular flexibility index (Phi) is 7.27. The molecule has 0 amide bonds. The maximum absolute atomic E-state index is 4.59. The Morgan fingerprint density at radius 3 is 2.62 bits per heavy atom. The topological polar surface area (TPSA) is 36.8 Å². The molecule has 40 heavy (non-hydrogen) atoms. The number of hydrogen-bond acceptors (Lipinski definition) is 4. The van der Waals surface area contributed by atoms with E-state index in [9.17, 15) is 0 Å². The van der Waals surface area contributed by atoms with Gasteiger partial charge < -0.3 is 5.32 Å². The number of anilines is 2. The first-order valence-electron chi connectivity index (χ1n) is 13.8. The molecule has 2 heterocycles. The minimum Gasteiger partial charge on any atom is -0.355 e. The third-order valence-corrected chi connectivity index (χ3v) is 8.98. The Bertz CT molecular complexity index is 1700. The molecular formula is C36H33N3S. The average molecular weight is 540 g/mol. The summed E-state index contributed by atoms with van der Waals surface area (Å²) in [6, 6.07) is 22.2. The van der Waals surface area contributed by atoms with Crippen LogP contribution in [-0.2, 0) is 0 Å². The number of aliphatic imine (C=N–C) groups is 2. The summed E-state index contributed by atoms with van der Waals surface area (Å²) in [5, 5.41) is 3.85. The zero-order chi connectivity index (χ0) is 27.6. The summed E-state index contributed by atoms with van der Waals surface area (Å²) in [4.78, 5) is 11.3. The predicted octanol–water partition coefficient (Wildman–Crippen LogP) is 10.1. The maximum Gasteiger partial charge on any atom is 0.0464 e. The fraction of sp³-hybridized carbons (Fsp3) is 0.167. The van der Waals surface area contributed by atoms with Gasteiger partial charge in [-0.25, -0.2) is 0 Å². The summed E-state index contributed by atoms with van der Waals surface area (Å²) in [5.74, 6) is 0. The van der Waals surface area contributed by atoms with Crippen LogP contribution in [0, 0.1) is 0 Å². The van der Waals surface area contributed by atoms with Crippen molar-refractivity contribution in [2.45, 2.75) is 38.0 Å². The number of dihydropyridines is 1. The van der Waals surface area contributed by atoms with Crippen molar-refractivity contribution >= 4 is 52.8 Å². The quantitative estimate of drug-likeness (QED) is 0.264. The number of benzene rings is 3. The van der Waals surface area contributed by atoms with E-state index in [2.05, 4.69) is 108 Å². The molecule has 0 aromatic heterocycles. The average Bonchev–Trinajstić information content (AvgIpc) is 2.97. The van der Waals surface area contributed by atoms with Gasteiger partial charge in [-0.2, -0.15) is 0 Å². The number of rotatable bonds is 4. The fourth-order valence-corrected chi connectivity index (χ4v) is 6.82. The van der Waals surface area contributed by atoms with Gasteiger partial charge in [0.05, 0.1) is 0 Å². The molecule has 0 saturated heterocycles. The molecule has 0 atom stereocenters. The second-order valence-electron chi connectivity index (χ2n) is 10.5. The Morgan fingerprint density at radius 1 is 0.975 bits per heavy atom. The van der Waals surface area contributed by atoms with E-state index in [0.29, 0.717) is 0 Å². The minimum atomic E-state index is 0.872. The van der Waals surface area contributed by atoms with Gasteiger partial charge in [0, 0.05) is 51.9 Å². The molecule has 0 fully saturated rings. The molecule has 3 aliphatic rings. The largest absolute Gasteiger partial charge is 0.355 e. The lowest BCUT2D eigenvalue weighted by atomic mass is 9.91. The number of hydrogen-bond donors (Lipinski definition) is 1. The van der Waals surface area contributed by atoms with Crippen molar-refractivity contribution in [1.82, 2.24) is 0 Å². The monoisotopic (exact) mass is 539 g/mol. The lowest BCUT2D eigenvalue weighted by molar-refractivity contribution is 0.947. The number of thioether (sulfide) groups is 1. The first-order chi connectivity index (χ1) is 19.5. The predicted molar refractivity (Wildman–Crippen MR) is 176 cm³/mol. The molecule has 198 valence electrons. The van der Waals surface area contributed by atoms with E-state index >= 15 is 0 Å². The fourth-order valence-electron chi connectivity index (χ4n) is 5.61. The van der Waals surface area contributed by atoms with Gasteiger partial charge >= 0.3 is 0 Å². The van der Waals surface area contributed by atoms with Crippen LogP contribution < -0.4 is 5.32 Å². The van der Waals surface area contributed by atoms with E-state index in [1.54, 1.807) is 6.20 Å². The highest BCUT2D eigenvalue weighted by Gasteiger charge is 2.22. The summed E-state index contributed by atoms with van der Waals surface area (Å²) in [7, 11) is 0. The van der Waals surface area contributed by atoms with Crippen molar-refractivity contribution in [2.24, 2.45) is 9.98 Å². The first-order valence-corrected chi connectivity index (χ1v) is 14.6. The van der Waals surface area contributed by atoms with Crippen LogP contribution in [0.25, 0.3) is 27.8 Å². The molecule has 3 aromatic rings. The van der Waals surface area contributed by atoms with E-state index in [-0.39, 0.29) is 0 Å². The van der Waals surface area contributed by atoms with Crippen molar-refractivity contribution < 1.29 is 0 Å². The second-order valence-corrected chi connectivity index (χ2v) is 11.6. The van der Waals surface area contributed by atoms with Crippen LogP contribution in [0.5, 0.6) is 0 Å². The third-order valence-electron chi connectivity index (χ3n) is 7.73. The van der Waals surface area contributed by atoms with Gasteiger partial charge in [-0.3, -0.25) is 9.98 Å². The number of nitrogens with zero attached hydrogens (tertiary/aromatic N) is 2. The Balaban J connectivity index is 1.59. The number of fused-ring (bicyclic) bond motifs is 5. The molecule has 0 saturated carbocycles. The third kappa shape index (κ3) is 4.96. The summed E-state index contributed by atoms with van der Waals surface area (Å²) in [6.45, 7) is 13.0. The standard InChI is InChI=1S/C36H33N3S/c1-23(2)31(21-37-4)25-13-15-33-29(19-25)27-9-5-7-11-35(27)40-36-12-8-6-10-28(36)30-20-26(14-16-34(30)39-33)32-22-38-18-17-24(32)3/h5-6,8-10,12-16,19-22,39H,1,4,7,11,17-18H2,2-3H3/b31-21+. The van der Waals surface area contributed by atoms with E-state index in [1.807, 2.05) is 24.9 Å². The molecule has 0 spiro atoms. The van der Waals surface area contributed by atoms with E-state index in [1.165, 1.54) is 48.8 Å². The normalized spacial score (nSPS) is 16.4. The van der Waals surface area contributed by atoms with Gasteiger partial charge in [0.15, 0.2) is 0 Å². The van der Waals surface area contributed by atoms with Crippen molar-refractivity contribution in [3.63, 3.8) is 0 Å². The van der Waals surface area contributed by atoms with Gasteiger partial charge in [0.2, 0.25) is 0 Å². The smallest absolute Gasteiger partial charge is 0.0464 e. The van der Waals surface area contributed by atoms with Crippen LogP contribution in [-0.4, -0.2) is 19.5 Å². The summed E-state index contributed by atoms with van der Waals surface area (Å²) >= 11 is 1.90. The van der Waals surface area contributed by atoms with Crippen LogP contribution in [0.15, 0.2) is 117 Å². The zero-order valence-electron chi connectivity index (χ0n) is 23.1. The SMILES string of the molecule is C=N/C=C(\C(=C)C)c1ccc2c(c1)C1=C(CCC=C1)Sc1ccccc1-c1cc(C3=C(C)CCN=C3)ccc1N2. The molecule has 3 nitrogen and oxygen atoms in total. The summed E-state index contributed by atoms with van der Waals surface area (Å²) in [6.07, 6.45) is 11.5. The van der Waals surface area contributed by atoms with Crippen LogP contribution in [0.2, 0.25) is 0 Å². The molecule has 0 bridgehead atoms. The molecule has 1 aliphatic carbocycles. The second kappa shape index (κ2) is 11.1. The van der Waals surface area contributed by atoms with Crippen LogP contribution >= 0.6 is 11.8 Å². The Labute approximate surface area is 241 Å². The van der Waals surface area contributed by atoms with Gasteiger partial charge in [-0.05, 0) is 108 Å². The lowest BCUT2D eigenvalue weighted by Gasteiger charge is -2.25. The highest BCUT2D eigenvalue weighted by atomic mass is 32.2. The molecule has 0 unspecified atom stereocenters. The maximum atomic E-state index is 4.59. The van der Waals surface area contributed by atoms with E-state index < -0.39 is 0 Å². The summed E-state index contributed by atoms with van der Waals surface area (Å²) < 4.78 is 0. The van der Waals surface area contributed by atoms with Crippen LogP contribution in [0.3, 0.4) is 0 Å². The zero-order valence-corrected chi connectivity index (χ0v) is 23.9. The summed E-state index contributed by atoms with van der Waals surface area (Å²) in [5.41, 5.74) is 13.9. The van der Waals surface area contributed by atoms with Crippen molar-refractivity contribution in [1.29, 1.82) is 0 Å². The number of allylic oxidation sites excluding steroid dienone is 7. The molecule has 3 aromatic carbocycles. The Morgan fingerprint density at radius 2 is 1.80 bits per heavy atom. The van der Waals surface area contributed by atoms with Gasteiger partial charge in [-0.1, -0.05) is 66.4 Å². The van der Waals surface area contributed by atoms with E-state index in [4.69, 9.17) is 0 Å². The first kappa shape index (κ1) is 26.1. The molecular weight excluding hydrogens is 506 g/mol.